The molecule has 4 heteroatoms. The van der Waals surface area contributed by atoms with Gasteiger partial charge in [0.25, 0.3) is 0 Å². The van der Waals surface area contributed by atoms with Crippen molar-refractivity contribution in [3.63, 3.8) is 0 Å². The number of unbranched alkanes of at least 4 members (excludes halogenated alkanes) is 2. The van der Waals surface area contributed by atoms with E-state index < -0.39 is 12.1 Å². The van der Waals surface area contributed by atoms with E-state index in [-0.39, 0.29) is 75.3 Å². The smallest absolute Gasteiger partial charge is 0.547 e. The van der Waals surface area contributed by atoms with Crippen molar-refractivity contribution in [1.29, 1.82) is 0 Å². The molecule has 0 radical (unpaired) electrons. The van der Waals surface area contributed by atoms with Crippen molar-refractivity contribution in [3.8, 4) is 0 Å². The van der Waals surface area contributed by atoms with E-state index in [1.807, 2.05) is 6.92 Å². The van der Waals surface area contributed by atoms with Gasteiger partial charge in [0.2, 0.25) is 0 Å². The molecule has 0 aliphatic rings. The van der Waals surface area contributed by atoms with Crippen molar-refractivity contribution in [1.82, 2.24) is 0 Å². The van der Waals surface area contributed by atoms with Crippen molar-refractivity contribution in [2.45, 2.75) is 38.8 Å². The third-order valence-corrected chi connectivity index (χ3v) is 1.32. The van der Waals surface area contributed by atoms with E-state index in [0.29, 0.717) is 6.42 Å². The summed E-state index contributed by atoms with van der Waals surface area (Å²) in [7, 11) is 0. The van der Waals surface area contributed by atoms with Crippen LogP contribution in [0.2, 0.25) is 0 Å². The zero-order chi connectivity index (χ0) is 7.98. The fourth-order valence-corrected chi connectivity index (χ4v) is 0.691. The maximum Gasteiger partial charge on any atom is 1.00 e. The molecule has 0 rings (SSSR count). The molecule has 0 amide bonds. The van der Waals surface area contributed by atoms with Gasteiger partial charge in [-0.05, 0) is 6.42 Å². The van der Waals surface area contributed by atoms with Crippen LogP contribution in [0.4, 0.5) is 4.39 Å². The Kier molecular flexibility index (Phi) is 13.0. The third-order valence-electron chi connectivity index (χ3n) is 1.32. The molecule has 0 aromatic heterocycles. The first-order valence-corrected chi connectivity index (χ1v) is 3.53. The van der Waals surface area contributed by atoms with Crippen molar-refractivity contribution in [2.24, 2.45) is 0 Å². The van der Waals surface area contributed by atoms with Gasteiger partial charge in [-0.25, -0.2) is 4.39 Å². The number of carboxylic acid groups (broad SMARTS) is 1. The Morgan fingerprint density at radius 2 is 2.09 bits per heavy atom. The van der Waals surface area contributed by atoms with Crippen molar-refractivity contribution in [3.05, 3.63) is 0 Å². The van der Waals surface area contributed by atoms with Crippen LogP contribution in [0.25, 0.3) is 0 Å². The van der Waals surface area contributed by atoms with E-state index in [1.165, 1.54) is 0 Å². The second-order valence-corrected chi connectivity index (χ2v) is 2.28. The molecule has 0 N–H and O–H groups in total. The van der Waals surface area contributed by atoms with Gasteiger partial charge >= 0.3 is 68.9 Å². The molecule has 0 heterocycles. The Hall–Kier alpha value is 1.45. The zero-order valence-electron chi connectivity index (χ0n) is 7.10. The van der Waals surface area contributed by atoms with Crippen molar-refractivity contribution in [2.75, 3.05) is 0 Å². The Balaban J connectivity index is 0. The predicted molar refractivity (Wildman–Crippen MR) is 34.0 cm³/mol. The summed E-state index contributed by atoms with van der Waals surface area (Å²) >= 11 is 0. The summed E-state index contributed by atoms with van der Waals surface area (Å²) in [5.74, 6) is -1.59. The molecule has 0 spiro atoms. The first kappa shape index (κ1) is 14.9. The molecular formula is C7H12CsFO2. The van der Waals surface area contributed by atoms with E-state index >= 15 is 0 Å². The molecule has 0 saturated heterocycles. The number of aliphatic carboxylic acids is 1. The standard InChI is InChI=1S/C7H13FO2.Cs/c1-2-3-4-5-6(8)7(9)10;/h6H,2-5H2,1H3,(H,9,10);/q;+1/p-1. The molecule has 0 saturated carbocycles. The molecule has 11 heavy (non-hydrogen) atoms. The van der Waals surface area contributed by atoms with Crippen LogP contribution in [0.3, 0.4) is 0 Å². The van der Waals surface area contributed by atoms with Gasteiger partial charge in [0.05, 0.1) is 5.97 Å². The molecule has 0 bridgehead atoms. The molecule has 0 aromatic carbocycles. The summed E-state index contributed by atoms with van der Waals surface area (Å²) in [4.78, 5) is 9.81. The summed E-state index contributed by atoms with van der Waals surface area (Å²) < 4.78 is 12.2. The minimum Gasteiger partial charge on any atom is -0.547 e. The van der Waals surface area contributed by atoms with Crippen molar-refractivity contribution < 1.29 is 83.2 Å². The minimum absolute atomic E-state index is 0. The van der Waals surface area contributed by atoms with Gasteiger partial charge in [-0.3, -0.25) is 0 Å². The summed E-state index contributed by atoms with van der Waals surface area (Å²) in [5, 5.41) is 9.81. The maximum absolute atomic E-state index is 12.2. The van der Waals surface area contributed by atoms with Crippen LogP contribution in [0.5, 0.6) is 0 Å². The Morgan fingerprint density at radius 3 is 2.45 bits per heavy atom. The molecule has 1 unspecified atom stereocenters. The number of rotatable bonds is 5. The topological polar surface area (TPSA) is 40.1 Å². The second kappa shape index (κ2) is 9.54. The second-order valence-electron chi connectivity index (χ2n) is 2.28. The summed E-state index contributed by atoms with van der Waals surface area (Å²) in [5.41, 5.74) is 0. The van der Waals surface area contributed by atoms with Gasteiger partial charge in [-0.2, -0.15) is 0 Å². The Morgan fingerprint density at radius 1 is 1.55 bits per heavy atom. The number of halogens is 1. The molecule has 0 aromatic rings. The van der Waals surface area contributed by atoms with Crippen LogP contribution in [-0.4, -0.2) is 12.1 Å². The maximum atomic E-state index is 12.2. The van der Waals surface area contributed by atoms with Crippen molar-refractivity contribution >= 4 is 5.97 Å². The van der Waals surface area contributed by atoms with Crippen LogP contribution in [0.15, 0.2) is 0 Å². The van der Waals surface area contributed by atoms with Gasteiger partial charge in [-0.1, -0.05) is 26.2 Å². The van der Waals surface area contributed by atoms with Gasteiger partial charge in [-0.15, -0.1) is 0 Å². The van der Waals surface area contributed by atoms with Gasteiger partial charge in [0, 0.05) is 0 Å². The van der Waals surface area contributed by atoms with Gasteiger partial charge in [0.1, 0.15) is 6.17 Å². The van der Waals surface area contributed by atoms with E-state index in [9.17, 15) is 14.3 Å². The van der Waals surface area contributed by atoms with Gasteiger partial charge in [0.15, 0.2) is 0 Å². The van der Waals surface area contributed by atoms with Gasteiger partial charge < -0.3 is 9.90 Å². The molecule has 0 aliphatic carbocycles. The fourth-order valence-electron chi connectivity index (χ4n) is 0.691. The average Bonchev–Trinajstić information content (AvgIpc) is 1.88. The average molecular weight is 280 g/mol. The normalized spacial score (nSPS) is 11.8. The molecule has 1 atom stereocenters. The monoisotopic (exact) mass is 280 g/mol. The summed E-state index contributed by atoms with van der Waals surface area (Å²) in [6, 6.07) is 0. The number of hydrogen-bond acceptors (Lipinski definition) is 2. The Labute approximate surface area is 125 Å². The minimum atomic E-state index is -1.77. The summed E-state index contributed by atoms with van der Waals surface area (Å²) in [6.07, 6.45) is 0.807. The molecule has 2 nitrogen and oxygen atoms in total. The van der Waals surface area contributed by atoms with Crippen LogP contribution in [0.1, 0.15) is 32.6 Å². The van der Waals surface area contributed by atoms with Crippen LogP contribution in [0, 0.1) is 0 Å². The fraction of sp³-hybridized carbons (Fsp3) is 0.857. The van der Waals surface area contributed by atoms with Crippen LogP contribution in [-0.2, 0) is 4.79 Å². The number of hydrogen-bond donors (Lipinski definition) is 0. The number of carbonyl (C=O) groups excluding carboxylic acids is 1. The molecule has 60 valence electrons. The number of carbonyl (C=O) groups is 1. The van der Waals surface area contributed by atoms with Crippen LogP contribution < -0.4 is 74.0 Å². The quantitative estimate of drug-likeness (QED) is 0.529. The largest absolute Gasteiger partial charge is 1.00 e. The van der Waals surface area contributed by atoms with E-state index in [2.05, 4.69) is 0 Å². The molecular weight excluding hydrogens is 268 g/mol. The molecule has 0 fully saturated rings. The predicted octanol–water partition coefficient (Wildman–Crippen LogP) is -2.34. The van der Waals surface area contributed by atoms with E-state index in [0.717, 1.165) is 12.8 Å². The van der Waals surface area contributed by atoms with E-state index in [1.54, 1.807) is 0 Å². The Bertz CT molecular complexity index is 109. The number of carboxylic acids is 1. The summed E-state index contributed by atoms with van der Waals surface area (Å²) in [6.45, 7) is 1.98. The molecule has 0 aliphatic heterocycles. The third kappa shape index (κ3) is 9.37. The first-order valence-electron chi connectivity index (χ1n) is 3.53. The first-order chi connectivity index (χ1) is 4.68. The zero-order valence-corrected chi connectivity index (χ0v) is 13.4. The number of alkyl halides is 1. The van der Waals surface area contributed by atoms with Crippen LogP contribution >= 0.6 is 0 Å². The van der Waals surface area contributed by atoms with E-state index in [4.69, 9.17) is 0 Å². The SMILES string of the molecule is CCCCCC(F)C(=O)[O-].[Cs+].